The highest BCUT2D eigenvalue weighted by atomic mass is 16.5. The van der Waals surface area contributed by atoms with Gasteiger partial charge in [0, 0.05) is 26.0 Å². The molecule has 144 valence electrons. The van der Waals surface area contributed by atoms with Gasteiger partial charge in [0.1, 0.15) is 6.26 Å². The number of benzene rings is 1. The Kier molecular flexibility index (Phi) is 4.10. The summed E-state index contributed by atoms with van der Waals surface area (Å²) in [4.78, 5) is 52.8. The van der Waals surface area contributed by atoms with E-state index in [1.54, 1.807) is 24.3 Å². The first-order valence-corrected chi connectivity index (χ1v) is 8.53. The number of amides is 3. The van der Waals surface area contributed by atoms with Crippen LogP contribution in [-0.4, -0.2) is 53.1 Å². The zero-order valence-corrected chi connectivity index (χ0v) is 14.9. The molecule has 0 spiro atoms. The van der Waals surface area contributed by atoms with E-state index in [2.05, 4.69) is 15.0 Å². The average Bonchev–Trinajstić information content (AvgIpc) is 3.32. The summed E-state index contributed by atoms with van der Waals surface area (Å²) < 4.78 is 9.78. The lowest BCUT2D eigenvalue weighted by atomic mass is 9.97. The minimum Gasteiger partial charge on any atom is -0.452 e. The van der Waals surface area contributed by atoms with Crippen molar-refractivity contribution in [3.63, 3.8) is 0 Å². The molecular formula is C18H16N4O6. The van der Waals surface area contributed by atoms with E-state index in [0.29, 0.717) is 11.3 Å². The Bertz CT molecular complexity index is 972. The number of ether oxygens (including phenoxy) is 1. The first-order valence-electron chi connectivity index (χ1n) is 8.53. The van der Waals surface area contributed by atoms with Crippen molar-refractivity contribution >= 4 is 35.2 Å². The van der Waals surface area contributed by atoms with Crippen molar-refractivity contribution in [2.75, 3.05) is 23.9 Å². The zero-order valence-electron chi connectivity index (χ0n) is 14.9. The second kappa shape index (κ2) is 6.48. The molecule has 28 heavy (non-hydrogen) atoms. The minimum absolute atomic E-state index is 0.0755. The lowest BCUT2D eigenvalue weighted by molar-refractivity contribution is -0.158. The monoisotopic (exact) mass is 384 g/mol. The number of carbonyl (C=O) groups is 4. The van der Waals surface area contributed by atoms with Gasteiger partial charge in [-0.15, -0.1) is 0 Å². The minimum atomic E-state index is -1.61. The van der Waals surface area contributed by atoms with Crippen LogP contribution < -0.4 is 10.2 Å². The fourth-order valence-corrected chi connectivity index (χ4v) is 3.59. The highest BCUT2D eigenvalue weighted by molar-refractivity contribution is 6.15. The number of rotatable bonds is 4. The Morgan fingerprint density at radius 1 is 1.29 bits per heavy atom. The third kappa shape index (κ3) is 2.53. The maximum absolute atomic E-state index is 13.0. The molecule has 4 rings (SSSR count). The molecule has 2 aliphatic heterocycles. The third-order valence-electron chi connectivity index (χ3n) is 4.91. The van der Waals surface area contributed by atoms with Gasteiger partial charge in [0.15, 0.2) is 12.4 Å². The number of nitrogens with zero attached hydrogens (tertiary/aromatic N) is 3. The number of carbonyl (C=O) groups excluding carboxylic acids is 4. The predicted molar refractivity (Wildman–Crippen MR) is 94.1 cm³/mol. The van der Waals surface area contributed by atoms with Crippen molar-refractivity contribution < 1.29 is 28.4 Å². The Hall–Kier alpha value is -3.69. The van der Waals surface area contributed by atoms with E-state index in [1.807, 2.05) is 0 Å². The molecule has 1 N–H and O–H groups in total. The topological polar surface area (TPSA) is 122 Å². The molecule has 3 heterocycles. The van der Waals surface area contributed by atoms with Gasteiger partial charge in [-0.2, -0.15) is 0 Å². The summed E-state index contributed by atoms with van der Waals surface area (Å²) in [5.41, 5.74) is -0.930. The van der Waals surface area contributed by atoms with Crippen molar-refractivity contribution in [1.29, 1.82) is 0 Å². The highest BCUT2D eigenvalue weighted by Crippen LogP contribution is 2.44. The van der Waals surface area contributed by atoms with Crippen molar-refractivity contribution in [1.82, 2.24) is 10.1 Å². The number of fused-ring (bicyclic) bond motifs is 3. The summed E-state index contributed by atoms with van der Waals surface area (Å²) in [7, 11) is 1.45. The van der Waals surface area contributed by atoms with Crippen molar-refractivity contribution in [3.8, 4) is 0 Å². The van der Waals surface area contributed by atoms with E-state index in [1.165, 1.54) is 29.2 Å². The summed E-state index contributed by atoms with van der Waals surface area (Å²) in [6.45, 7) is -0.598. The lowest BCUT2D eigenvalue weighted by Gasteiger charge is -2.46. The Balaban J connectivity index is 1.59. The standard InChI is InChI=1S/C18H16N4O6/c1-21-16(25)11-4-2-3-5-12(11)22-15(24)6-8-18(21,22)17(26)27-10-14(23)19-13-7-9-28-20-13/h2-5,7,9H,6,8,10H2,1H3,(H,19,20,23). The van der Waals surface area contributed by atoms with Crippen molar-refractivity contribution in [2.24, 2.45) is 0 Å². The first kappa shape index (κ1) is 17.7. The van der Waals surface area contributed by atoms with E-state index in [9.17, 15) is 19.2 Å². The molecule has 3 amide bonds. The molecule has 1 aromatic heterocycles. The van der Waals surface area contributed by atoms with E-state index in [-0.39, 0.29) is 24.6 Å². The number of hydrogen-bond acceptors (Lipinski definition) is 7. The van der Waals surface area contributed by atoms with E-state index < -0.39 is 30.1 Å². The molecule has 2 aromatic rings. The predicted octanol–water partition coefficient (Wildman–Crippen LogP) is 0.765. The molecule has 1 saturated heterocycles. The van der Waals surface area contributed by atoms with Crippen LogP contribution in [0.2, 0.25) is 0 Å². The molecule has 1 atom stereocenters. The third-order valence-corrected chi connectivity index (χ3v) is 4.91. The Morgan fingerprint density at radius 3 is 2.82 bits per heavy atom. The van der Waals surface area contributed by atoms with Crippen LogP contribution in [-0.2, 0) is 19.1 Å². The summed E-state index contributed by atoms with van der Waals surface area (Å²) in [6.07, 6.45) is 1.43. The summed E-state index contributed by atoms with van der Waals surface area (Å²) in [6, 6.07) is 8.01. The van der Waals surface area contributed by atoms with E-state index in [4.69, 9.17) is 4.74 Å². The quantitative estimate of drug-likeness (QED) is 0.773. The van der Waals surface area contributed by atoms with E-state index >= 15 is 0 Å². The van der Waals surface area contributed by atoms with Crippen LogP contribution in [0.25, 0.3) is 0 Å². The summed E-state index contributed by atoms with van der Waals surface area (Å²) in [5.74, 6) is -1.99. The van der Waals surface area contributed by atoms with Gasteiger partial charge in [0.25, 0.3) is 11.8 Å². The number of aromatic nitrogens is 1. The number of para-hydroxylation sites is 1. The summed E-state index contributed by atoms with van der Waals surface area (Å²) >= 11 is 0. The smallest absolute Gasteiger partial charge is 0.354 e. The van der Waals surface area contributed by atoms with Gasteiger partial charge in [-0.25, -0.2) is 4.79 Å². The van der Waals surface area contributed by atoms with E-state index in [0.717, 1.165) is 0 Å². The summed E-state index contributed by atoms with van der Waals surface area (Å²) in [5, 5.41) is 5.93. The molecule has 2 aliphatic rings. The molecule has 0 aliphatic carbocycles. The molecule has 1 unspecified atom stereocenters. The molecule has 0 radical (unpaired) electrons. The number of likely N-dealkylation sites (N-methyl/N-ethyl adjacent to an activating group) is 1. The Labute approximate surface area is 159 Å². The van der Waals surface area contributed by atoms with Crippen LogP contribution in [0.5, 0.6) is 0 Å². The van der Waals surface area contributed by atoms with Crippen LogP contribution in [0, 0.1) is 0 Å². The average molecular weight is 384 g/mol. The molecule has 1 aromatic carbocycles. The molecular weight excluding hydrogens is 368 g/mol. The zero-order chi connectivity index (χ0) is 19.9. The molecule has 0 bridgehead atoms. The van der Waals surface area contributed by atoms with Gasteiger partial charge >= 0.3 is 5.97 Å². The van der Waals surface area contributed by atoms with Crippen LogP contribution in [0.15, 0.2) is 41.1 Å². The van der Waals surface area contributed by atoms with Gasteiger partial charge < -0.3 is 19.5 Å². The van der Waals surface area contributed by atoms with Crippen molar-refractivity contribution in [3.05, 3.63) is 42.2 Å². The van der Waals surface area contributed by atoms with Crippen LogP contribution in [0.4, 0.5) is 11.5 Å². The van der Waals surface area contributed by atoms with Crippen LogP contribution in [0.3, 0.4) is 0 Å². The SMILES string of the molecule is CN1C(=O)c2ccccc2N2C(=O)CCC12C(=O)OCC(=O)Nc1ccon1. The maximum atomic E-state index is 13.0. The fourth-order valence-electron chi connectivity index (χ4n) is 3.59. The van der Waals surface area contributed by atoms with Gasteiger partial charge in [0.2, 0.25) is 11.6 Å². The number of nitrogens with one attached hydrogen (secondary N) is 1. The lowest BCUT2D eigenvalue weighted by Crippen LogP contribution is -2.67. The second-order valence-corrected chi connectivity index (χ2v) is 6.44. The largest absolute Gasteiger partial charge is 0.452 e. The Morgan fingerprint density at radius 2 is 2.07 bits per heavy atom. The number of anilines is 2. The van der Waals surface area contributed by atoms with Gasteiger partial charge in [-0.1, -0.05) is 17.3 Å². The van der Waals surface area contributed by atoms with Gasteiger partial charge in [-0.05, 0) is 12.1 Å². The first-order chi connectivity index (χ1) is 13.4. The van der Waals surface area contributed by atoms with Crippen molar-refractivity contribution in [2.45, 2.75) is 18.5 Å². The molecule has 10 heteroatoms. The van der Waals surface area contributed by atoms with Crippen LogP contribution >= 0.6 is 0 Å². The number of hydrogen-bond donors (Lipinski definition) is 1. The second-order valence-electron chi connectivity index (χ2n) is 6.44. The van der Waals surface area contributed by atoms with Gasteiger partial charge in [0.05, 0.1) is 11.3 Å². The normalized spacial score (nSPS) is 20.6. The highest BCUT2D eigenvalue weighted by Gasteiger charge is 2.60. The molecule has 1 fully saturated rings. The van der Waals surface area contributed by atoms with Gasteiger partial charge in [-0.3, -0.25) is 19.3 Å². The fraction of sp³-hybridized carbons (Fsp3) is 0.278. The number of esters is 1. The van der Waals surface area contributed by atoms with Crippen LogP contribution in [0.1, 0.15) is 23.2 Å². The molecule has 10 nitrogen and oxygen atoms in total. The molecule has 0 saturated carbocycles. The maximum Gasteiger partial charge on any atom is 0.354 e.